The Morgan fingerprint density at radius 1 is 1.67 bits per heavy atom. The molecule has 0 aromatic rings. The van der Waals surface area contributed by atoms with Crippen molar-refractivity contribution in [1.82, 2.24) is 5.32 Å². The Morgan fingerprint density at radius 3 is 2.56 bits per heavy atom. The van der Waals surface area contributed by atoms with Crippen molar-refractivity contribution in [2.45, 2.75) is 26.7 Å². The summed E-state index contributed by atoms with van der Waals surface area (Å²) in [6.07, 6.45) is 1.48. The third kappa shape index (κ3) is 5.07. The molecule has 0 spiro atoms. The minimum atomic E-state index is 0.0602. The normalized spacial score (nSPS) is 8.67. The van der Waals surface area contributed by atoms with Crippen molar-refractivity contribution in [2.24, 2.45) is 0 Å². The van der Waals surface area contributed by atoms with Gasteiger partial charge in [-0.3, -0.25) is 4.79 Å². The standard InChI is InChI=1S/C7H13NO/c1-4-5-7(9)8-6(2)3/h2,4-5H2,1,3H3,(H,8,9). The van der Waals surface area contributed by atoms with E-state index in [9.17, 15) is 4.79 Å². The summed E-state index contributed by atoms with van der Waals surface area (Å²) in [7, 11) is 0. The summed E-state index contributed by atoms with van der Waals surface area (Å²) in [6, 6.07) is 0. The van der Waals surface area contributed by atoms with Gasteiger partial charge in [0.25, 0.3) is 0 Å². The van der Waals surface area contributed by atoms with Gasteiger partial charge in [-0.1, -0.05) is 13.5 Å². The minimum absolute atomic E-state index is 0.0602. The van der Waals surface area contributed by atoms with Crippen LogP contribution < -0.4 is 5.32 Å². The maximum absolute atomic E-state index is 10.7. The molecule has 0 heterocycles. The minimum Gasteiger partial charge on any atom is -0.331 e. The molecule has 2 nitrogen and oxygen atoms in total. The maximum atomic E-state index is 10.7. The zero-order chi connectivity index (χ0) is 7.28. The van der Waals surface area contributed by atoms with Crippen LogP contribution in [0.3, 0.4) is 0 Å². The molecule has 0 aliphatic heterocycles. The van der Waals surface area contributed by atoms with Gasteiger partial charge < -0.3 is 5.32 Å². The van der Waals surface area contributed by atoms with Gasteiger partial charge in [-0.15, -0.1) is 0 Å². The lowest BCUT2D eigenvalue weighted by Crippen LogP contribution is -2.19. The molecule has 0 saturated carbocycles. The van der Waals surface area contributed by atoms with Crippen LogP contribution in [0.15, 0.2) is 12.3 Å². The van der Waals surface area contributed by atoms with Crippen LogP contribution in [0, 0.1) is 0 Å². The monoisotopic (exact) mass is 127 g/mol. The van der Waals surface area contributed by atoms with Crippen molar-refractivity contribution in [1.29, 1.82) is 0 Å². The van der Waals surface area contributed by atoms with Gasteiger partial charge in [0.1, 0.15) is 0 Å². The molecule has 1 amide bonds. The van der Waals surface area contributed by atoms with Gasteiger partial charge in [0, 0.05) is 12.1 Å². The first-order valence-corrected chi connectivity index (χ1v) is 3.12. The quantitative estimate of drug-likeness (QED) is 0.610. The van der Waals surface area contributed by atoms with E-state index in [2.05, 4.69) is 11.9 Å². The fraction of sp³-hybridized carbons (Fsp3) is 0.571. The molecule has 0 aromatic carbocycles. The molecule has 52 valence electrons. The summed E-state index contributed by atoms with van der Waals surface area (Å²) in [5.41, 5.74) is 0.716. The molecular weight excluding hydrogens is 114 g/mol. The molecule has 0 aliphatic carbocycles. The Hall–Kier alpha value is -0.790. The van der Waals surface area contributed by atoms with Crippen LogP contribution in [0.2, 0.25) is 0 Å². The molecular formula is C7H13NO. The number of carbonyl (C=O) groups is 1. The van der Waals surface area contributed by atoms with Gasteiger partial charge in [-0.25, -0.2) is 0 Å². The number of amides is 1. The van der Waals surface area contributed by atoms with Gasteiger partial charge >= 0.3 is 0 Å². The number of carbonyl (C=O) groups excluding carboxylic acids is 1. The van der Waals surface area contributed by atoms with Crippen molar-refractivity contribution < 1.29 is 4.79 Å². The fourth-order valence-corrected chi connectivity index (χ4v) is 0.528. The first-order chi connectivity index (χ1) is 4.16. The van der Waals surface area contributed by atoms with Crippen LogP contribution in [0.25, 0.3) is 0 Å². The van der Waals surface area contributed by atoms with Gasteiger partial charge in [-0.05, 0) is 13.3 Å². The van der Waals surface area contributed by atoms with Crippen LogP contribution in [0.5, 0.6) is 0 Å². The highest BCUT2D eigenvalue weighted by molar-refractivity contribution is 5.77. The summed E-state index contributed by atoms with van der Waals surface area (Å²) >= 11 is 0. The summed E-state index contributed by atoms with van der Waals surface area (Å²) in [6.45, 7) is 7.29. The molecule has 0 saturated heterocycles. The number of rotatable bonds is 3. The molecule has 0 unspecified atom stereocenters. The molecule has 0 aromatic heterocycles. The van der Waals surface area contributed by atoms with Gasteiger partial charge in [0.15, 0.2) is 0 Å². The van der Waals surface area contributed by atoms with E-state index in [1.165, 1.54) is 0 Å². The number of hydrogen-bond acceptors (Lipinski definition) is 1. The van der Waals surface area contributed by atoms with Crippen LogP contribution >= 0.6 is 0 Å². The maximum Gasteiger partial charge on any atom is 0.224 e. The highest BCUT2D eigenvalue weighted by atomic mass is 16.1. The lowest BCUT2D eigenvalue weighted by molar-refractivity contribution is -0.120. The number of hydrogen-bond donors (Lipinski definition) is 1. The highest BCUT2D eigenvalue weighted by Crippen LogP contribution is 1.87. The van der Waals surface area contributed by atoms with Crippen molar-refractivity contribution in [3.63, 3.8) is 0 Å². The van der Waals surface area contributed by atoms with E-state index in [1.807, 2.05) is 6.92 Å². The summed E-state index contributed by atoms with van der Waals surface area (Å²) in [5, 5.41) is 2.61. The van der Waals surface area contributed by atoms with Crippen LogP contribution in [-0.2, 0) is 4.79 Å². The van der Waals surface area contributed by atoms with Gasteiger partial charge in [0.05, 0.1) is 0 Å². The summed E-state index contributed by atoms with van der Waals surface area (Å²) in [5.74, 6) is 0.0602. The van der Waals surface area contributed by atoms with E-state index in [0.29, 0.717) is 12.1 Å². The number of nitrogens with one attached hydrogen (secondary N) is 1. The topological polar surface area (TPSA) is 29.1 Å². The molecule has 2 heteroatoms. The molecule has 0 fully saturated rings. The van der Waals surface area contributed by atoms with E-state index in [4.69, 9.17) is 0 Å². The molecule has 0 bridgehead atoms. The second kappa shape index (κ2) is 4.13. The lowest BCUT2D eigenvalue weighted by Gasteiger charge is -1.99. The number of allylic oxidation sites excluding steroid dienone is 1. The first kappa shape index (κ1) is 8.21. The first-order valence-electron chi connectivity index (χ1n) is 3.12. The second-order valence-corrected chi connectivity index (χ2v) is 2.08. The third-order valence-electron chi connectivity index (χ3n) is 0.830. The Labute approximate surface area is 56.0 Å². The Balaban J connectivity index is 3.39. The fourth-order valence-electron chi connectivity index (χ4n) is 0.528. The summed E-state index contributed by atoms with van der Waals surface area (Å²) < 4.78 is 0. The SMILES string of the molecule is C=C(C)NC(=O)CCC. The Bertz CT molecular complexity index is 118. The molecule has 0 atom stereocenters. The predicted octanol–water partition coefficient (Wildman–Crippen LogP) is 1.44. The lowest BCUT2D eigenvalue weighted by atomic mass is 10.3. The van der Waals surface area contributed by atoms with Crippen LogP contribution in [0.4, 0.5) is 0 Å². The molecule has 0 radical (unpaired) electrons. The molecule has 0 rings (SSSR count). The largest absolute Gasteiger partial charge is 0.331 e. The average Bonchev–Trinajstić information content (AvgIpc) is 1.63. The zero-order valence-corrected chi connectivity index (χ0v) is 6.03. The van der Waals surface area contributed by atoms with Crippen molar-refractivity contribution in [3.05, 3.63) is 12.3 Å². The highest BCUT2D eigenvalue weighted by Gasteiger charge is 1.95. The van der Waals surface area contributed by atoms with E-state index in [0.717, 1.165) is 6.42 Å². The zero-order valence-electron chi connectivity index (χ0n) is 6.03. The Kier molecular flexibility index (Phi) is 3.76. The van der Waals surface area contributed by atoms with E-state index in [1.54, 1.807) is 6.92 Å². The van der Waals surface area contributed by atoms with Crippen molar-refractivity contribution in [2.75, 3.05) is 0 Å². The predicted molar refractivity (Wildman–Crippen MR) is 37.9 cm³/mol. The van der Waals surface area contributed by atoms with Crippen molar-refractivity contribution >= 4 is 5.91 Å². The Morgan fingerprint density at radius 2 is 2.22 bits per heavy atom. The van der Waals surface area contributed by atoms with Crippen molar-refractivity contribution in [3.8, 4) is 0 Å². The van der Waals surface area contributed by atoms with E-state index >= 15 is 0 Å². The third-order valence-corrected chi connectivity index (χ3v) is 0.830. The van der Waals surface area contributed by atoms with Crippen LogP contribution in [0.1, 0.15) is 26.7 Å². The van der Waals surface area contributed by atoms with Gasteiger partial charge in [-0.2, -0.15) is 0 Å². The van der Waals surface area contributed by atoms with E-state index < -0.39 is 0 Å². The second-order valence-electron chi connectivity index (χ2n) is 2.08. The summed E-state index contributed by atoms with van der Waals surface area (Å²) in [4.78, 5) is 10.7. The smallest absolute Gasteiger partial charge is 0.224 e. The average molecular weight is 127 g/mol. The molecule has 0 aliphatic rings. The van der Waals surface area contributed by atoms with Gasteiger partial charge in [0.2, 0.25) is 5.91 Å². The molecule has 9 heavy (non-hydrogen) atoms. The molecule has 1 N–H and O–H groups in total. The van der Waals surface area contributed by atoms with E-state index in [-0.39, 0.29) is 5.91 Å². The van der Waals surface area contributed by atoms with Crippen LogP contribution in [-0.4, -0.2) is 5.91 Å².